The number of halogens is 1. The van der Waals surface area contributed by atoms with Crippen LogP contribution in [0.3, 0.4) is 0 Å². The summed E-state index contributed by atoms with van der Waals surface area (Å²) >= 11 is 3.38. The molecule has 0 aliphatic heterocycles. The van der Waals surface area contributed by atoms with Crippen LogP contribution in [0.15, 0.2) is 12.1 Å². The molecule has 3 heteroatoms. The van der Waals surface area contributed by atoms with Gasteiger partial charge >= 0.3 is 5.97 Å². The van der Waals surface area contributed by atoms with Gasteiger partial charge in [-0.05, 0) is 43.5 Å². The standard InChI is InChI=1S/C12H15BrO2/c1-4-15-12(14)11-6-9(3)8(2)5-10(11)7-13/h5-6H,4,7H2,1-3H3. The van der Waals surface area contributed by atoms with Crippen LogP contribution >= 0.6 is 15.9 Å². The molecule has 0 atom stereocenters. The number of carbonyl (C=O) groups is 1. The number of aryl methyl sites for hydroxylation is 2. The number of rotatable bonds is 3. The summed E-state index contributed by atoms with van der Waals surface area (Å²) in [6.45, 7) is 6.26. The van der Waals surface area contributed by atoms with Gasteiger partial charge in [0.05, 0.1) is 12.2 Å². The van der Waals surface area contributed by atoms with Crippen LogP contribution in [0.4, 0.5) is 0 Å². The molecule has 0 aliphatic rings. The van der Waals surface area contributed by atoms with E-state index in [2.05, 4.69) is 15.9 Å². The van der Waals surface area contributed by atoms with Crippen molar-refractivity contribution in [3.63, 3.8) is 0 Å². The Morgan fingerprint density at radius 3 is 2.47 bits per heavy atom. The first-order valence-corrected chi connectivity index (χ1v) is 6.05. The van der Waals surface area contributed by atoms with Crippen molar-refractivity contribution in [1.29, 1.82) is 0 Å². The summed E-state index contributed by atoms with van der Waals surface area (Å²) in [7, 11) is 0. The van der Waals surface area contributed by atoms with Crippen LogP contribution in [-0.2, 0) is 10.1 Å². The van der Waals surface area contributed by atoms with Gasteiger partial charge in [-0.25, -0.2) is 4.79 Å². The molecule has 0 aromatic heterocycles. The molecule has 1 aromatic carbocycles. The second kappa shape index (κ2) is 5.31. The maximum Gasteiger partial charge on any atom is 0.338 e. The lowest BCUT2D eigenvalue weighted by molar-refractivity contribution is 0.0525. The van der Waals surface area contributed by atoms with Crippen molar-refractivity contribution < 1.29 is 9.53 Å². The summed E-state index contributed by atoms with van der Waals surface area (Å²) in [5.41, 5.74) is 3.95. The monoisotopic (exact) mass is 270 g/mol. The summed E-state index contributed by atoms with van der Waals surface area (Å²) in [6, 6.07) is 3.92. The molecule has 2 nitrogen and oxygen atoms in total. The second-order valence-electron chi connectivity index (χ2n) is 3.45. The molecule has 0 unspecified atom stereocenters. The fourth-order valence-electron chi connectivity index (χ4n) is 1.39. The molecule has 82 valence electrons. The Kier molecular flexibility index (Phi) is 4.33. The molecule has 0 amide bonds. The highest BCUT2D eigenvalue weighted by Crippen LogP contribution is 2.19. The Hall–Kier alpha value is -0.830. The van der Waals surface area contributed by atoms with E-state index in [0.717, 1.165) is 11.1 Å². The minimum Gasteiger partial charge on any atom is -0.462 e. The SMILES string of the molecule is CCOC(=O)c1cc(C)c(C)cc1CBr. The number of benzene rings is 1. The van der Waals surface area contributed by atoms with Crippen LogP contribution in [0, 0.1) is 13.8 Å². The molecule has 0 aliphatic carbocycles. The van der Waals surface area contributed by atoms with E-state index in [-0.39, 0.29) is 5.97 Å². The number of hydrogen-bond acceptors (Lipinski definition) is 2. The number of ether oxygens (including phenoxy) is 1. The summed E-state index contributed by atoms with van der Waals surface area (Å²) in [5.74, 6) is -0.241. The smallest absolute Gasteiger partial charge is 0.338 e. The van der Waals surface area contributed by atoms with Crippen LogP contribution in [0.25, 0.3) is 0 Å². The normalized spacial score (nSPS) is 10.1. The van der Waals surface area contributed by atoms with Crippen molar-refractivity contribution >= 4 is 21.9 Å². The van der Waals surface area contributed by atoms with Crippen LogP contribution in [-0.4, -0.2) is 12.6 Å². The third-order valence-electron chi connectivity index (χ3n) is 2.36. The molecular formula is C12H15BrO2. The molecule has 0 spiro atoms. The van der Waals surface area contributed by atoms with Gasteiger partial charge in [0.25, 0.3) is 0 Å². The molecule has 1 aromatic rings. The van der Waals surface area contributed by atoms with E-state index in [4.69, 9.17) is 4.74 Å². The first-order valence-electron chi connectivity index (χ1n) is 4.93. The Balaban J connectivity index is 3.15. The first kappa shape index (κ1) is 12.2. The van der Waals surface area contributed by atoms with Crippen molar-refractivity contribution in [1.82, 2.24) is 0 Å². The third kappa shape index (κ3) is 2.81. The second-order valence-corrected chi connectivity index (χ2v) is 4.01. The Morgan fingerprint density at radius 1 is 1.33 bits per heavy atom. The molecule has 0 bridgehead atoms. The van der Waals surface area contributed by atoms with Gasteiger partial charge in [0, 0.05) is 5.33 Å². The van der Waals surface area contributed by atoms with Crippen molar-refractivity contribution in [2.45, 2.75) is 26.1 Å². The van der Waals surface area contributed by atoms with Crippen molar-refractivity contribution in [3.05, 3.63) is 34.4 Å². The van der Waals surface area contributed by atoms with Gasteiger partial charge in [-0.1, -0.05) is 22.0 Å². The van der Waals surface area contributed by atoms with Gasteiger partial charge in [-0.2, -0.15) is 0 Å². The highest BCUT2D eigenvalue weighted by molar-refractivity contribution is 9.08. The third-order valence-corrected chi connectivity index (χ3v) is 2.96. The molecule has 0 fully saturated rings. The summed E-state index contributed by atoms with van der Waals surface area (Å²) in [6.07, 6.45) is 0. The molecule has 0 radical (unpaired) electrons. The lowest BCUT2D eigenvalue weighted by Gasteiger charge is -2.10. The fraction of sp³-hybridized carbons (Fsp3) is 0.417. The fourth-order valence-corrected chi connectivity index (χ4v) is 1.85. The average molecular weight is 271 g/mol. The van der Waals surface area contributed by atoms with E-state index in [1.807, 2.05) is 32.9 Å². The van der Waals surface area contributed by atoms with Gasteiger partial charge in [0.1, 0.15) is 0 Å². The predicted molar refractivity (Wildman–Crippen MR) is 64.5 cm³/mol. The van der Waals surface area contributed by atoms with Crippen LogP contribution < -0.4 is 0 Å². The van der Waals surface area contributed by atoms with Gasteiger partial charge in [-0.15, -0.1) is 0 Å². The molecule has 1 rings (SSSR count). The summed E-state index contributed by atoms with van der Waals surface area (Å²) in [5, 5.41) is 0.669. The number of carbonyl (C=O) groups excluding carboxylic acids is 1. The van der Waals surface area contributed by atoms with Crippen molar-refractivity contribution in [2.75, 3.05) is 6.61 Å². The lowest BCUT2D eigenvalue weighted by Crippen LogP contribution is -2.08. The first-order chi connectivity index (χ1) is 7.10. The average Bonchev–Trinajstić information content (AvgIpc) is 2.21. The Bertz CT molecular complexity index is 372. The van der Waals surface area contributed by atoms with Crippen LogP contribution in [0.1, 0.15) is 34.0 Å². The molecule has 0 N–H and O–H groups in total. The van der Waals surface area contributed by atoms with Gasteiger partial charge < -0.3 is 4.74 Å². The maximum absolute atomic E-state index is 11.6. The molecule has 0 saturated carbocycles. The van der Waals surface area contributed by atoms with Crippen LogP contribution in [0.2, 0.25) is 0 Å². The molecule has 15 heavy (non-hydrogen) atoms. The Morgan fingerprint density at radius 2 is 1.93 bits per heavy atom. The minimum atomic E-state index is -0.241. The number of hydrogen-bond donors (Lipinski definition) is 0. The summed E-state index contributed by atoms with van der Waals surface area (Å²) < 4.78 is 5.01. The molecule has 0 saturated heterocycles. The lowest BCUT2D eigenvalue weighted by atomic mass is 10.0. The van der Waals surface area contributed by atoms with E-state index in [9.17, 15) is 4.79 Å². The zero-order valence-corrected chi connectivity index (χ0v) is 10.8. The van der Waals surface area contributed by atoms with E-state index in [1.54, 1.807) is 0 Å². The zero-order chi connectivity index (χ0) is 11.4. The van der Waals surface area contributed by atoms with Gasteiger partial charge in [0.2, 0.25) is 0 Å². The summed E-state index contributed by atoms with van der Waals surface area (Å²) in [4.78, 5) is 11.6. The van der Waals surface area contributed by atoms with Gasteiger partial charge in [-0.3, -0.25) is 0 Å². The van der Waals surface area contributed by atoms with E-state index < -0.39 is 0 Å². The highest BCUT2D eigenvalue weighted by Gasteiger charge is 2.13. The highest BCUT2D eigenvalue weighted by atomic mass is 79.9. The van der Waals surface area contributed by atoms with E-state index in [0.29, 0.717) is 17.5 Å². The topological polar surface area (TPSA) is 26.3 Å². The van der Waals surface area contributed by atoms with E-state index >= 15 is 0 Å². The van der Waals surface area contributed by atoms with Crippen molar-refractivity contribution in [3.8, 4) is 0 Å². The van der Waals surface area contributed by atoms with Crippen LogP contribution in [0.5, 0.6) is 0 Å². The maximum atomic E-state index is 11.6. The number of alkyl halides is 1. The minimum absolute atomic E-state index is 0.241. The largest absolute Gasteiger partial charge is 0.462 e. The van der Waals surface area contributed by atoms with Gasteiger partial charge in [0.15, 0.2) is 0 Å². The predicted octanol–water partition coefficient (Wildman–Crippen LogP) is 3.38. The number of esters is 1. The Labute approximate surface area is 98.8 Å². The van der Waals surface area contributed by atoms with Crippen molar-refractivity contribution in [2.24, 2.45) is 0 Å². The molecular weight excluding hydrogens is 256 g/mol. The quantitative estimate of drug-likeness (QED) is 0.622. The zero-order valence-electron chi connectivity index (χ0n) is 9.26. The van der Waals surface area contributed by atoms with E-state index in [1.165, 1.54) is 5.56 Å². The molecule has 0 heterocycles.